The van der Waals surface area contributed by atoms with Gasteiger partial charge in [0.25, 0.3) is 0 Å². The molecule has 2 rings (SSSR count). The number of anilines is 3. The Morgan fingerprint density at radius 3 is 2.36 bits per heavy atom. The number of aryl methyl sites for hydroxylation is 1. The Hall–Kier alpha value is -2.50. The fourth-order valence-corrected chi connectivity index (χ4v) is 2.05. The van der Waals surface area contributed by atoms with E-state index >= 15 is 0 Å². The summed E-state index contributed by atoms with van der Waals surface area (Å²) in [7, 11) is 3.26. The van der Waals surface area contributed by atoms with Gasteiger partial charge in [0.1, 0.15) is 29.0 Å². The monoisotopic (exact) mass is 302 g/mol. The number of ether oxygens (including phenoxy) is 2. The van der Waals surface area contributed by atoms with E-state index in [2.05, 4.69) is 34.4 Å². The van der Waals surface area contributed by atoms with Gasteiger partial charge in [-0.3, -0.25) is 0 Å². The average Bonchev–Trinajstić information content (AvgIpc) is 2.45. The molecule has 0 spiro atoms. The number of hydrogen-bond acceptors (Lipinski definition) is 6. The van der Waals surface area contributed by atoms with Gasteiger partial charge in [0.15, 0.2) is 0 Å². The third-order valence-electron chi connectivity index (χ3n) is 2.94. The molecule has 2 aromatic rings. The van der Waals surface area contributed by atoms with E-state index in [9.17, 15) is 0 Å². The van der Waals surface area contributed by atoms with Gasteiger partial charge in [-0.1, -0.05) is 0 Å². The molecule has 6 nitrogen and oxygen atoms in total. The Morgan fingerprint density at radius 2 is 1.73 bits per heavy atom. The van der Waals surface area contributed by atoms with Crippen LogP contribution >= 0.6 is 0 Å². The third kappa shape index (κ3) is 4.00. The summed E-state index contributed by atoms with van der Waals surface area (Å²) in [5.74, 6) is 3.63. The first-order valence-electron chi connectivity index (χ1n) is 7.13. The van der Waals surface area contributed by atoms with Gasteiger partial charge in [0.2, 0.25) is 0 Å². The lowest BCUT2D eigenvalue weighted by atomic mass is 10.2. The Kier molecular flexibility index (Phi) is 5.04. The van der Waals surface area contributed by atoms with Gasteiger partial charge >= 0.3 is 0 Å². The molecule has 0 radical (unpaired) electrons. The molecular weight excluding hydrogens is 280 g/mol. The van der Waals surface area contributed by atoms with Gasteiger partial charge < -0.3 is 20.1 Å². The second-order valence-electron chi connectivity index (χ2n) is 5.18. The van der Waals surface area contributed by atoms with Crippen molar-refractivity contribution in [2.75, 3.05) is 24.9 Å². The molecule has 22 heavy (non-hydrogen) atoms. The topological polar surface area (TPSA) is 68.3 Å². The first-order valence-corrected chi connectivity index (χ1v) is 7.13. The Bertz CT molecular complexity index is 644. The van der Waals surface area contributed by atoms with Gasteiger partial charge in [-0.2, -0.15) is 0 Å². The number of nitrogens with one attached hydrogen (secondary N) is 2. The Morgan fingerprint density at radius 1 is 1.00 bits per heavy atom. The highest BCUT2D eigenvalue weighted by molar-refractivity contribution is 5.67. The first-order chi connectivity index (χ1) is 10.5. The molecule has 1 aromatic carbocycles. The van der Waals surface area contributed by atoms with Gasteiger partial charge in [0.05, 0.1) is 19.9 Å². The molecule has 0 saturated heterocycles. The zero-order valence-corrected chi connectivity index (χ0v) is 13.6. The molecule has 0 unspecified atom stereocenters. The van der Waals surface area contributed by atoms with Crippen LogP contribution in [-0.2, 0) is 0 Å². The van der Waals surface area contributed by atoms with Gasteiger partial charge in [0, 0.05) is 18.2 Å². The molecule has 0 fully saturated rings. The largest absolute Gasteiger partial charge is 0.497 e. The molecule has 1 heterocycles. The van der Waals surface area contributed by atoms with Gasteiger partial charge in [-0.25, -0.2) is 9.97 Å². The standard InChI is InChI=1S/C16H22N4O2/c1-10(2)17-15-9-16(19-11(3)18-15)20-13-8-12(21-4)6-7-14(13)22-5/h6-10H,1-5H3,(H2,17,18,19,20). The van der Waals surface area contributed by atoms with Crippen molar-refractivity contribution in [3.63, 3.8) is 0 Å². The number of nitrogens with zero attached hydrogens (tertiary/aromatic N) is 2. The molecule has 0 aliphatic heterocycles. The smallest absolute Gasteiger partial charge is 0.142 e. The molecule has 0 bridgehead atoms. The van der Waals surface area contributed by atoms with Crippen LogP contribution in [0.5, 0.6) is 11.5 Å². The normalized spacial score (nSPS) is 10.5. The van der Waals surface area contributed by atoms with E-state index in [1.807, 2.05) is 31.2 Å². The molecule has 1 aromatic heterocycles. The van der Waals surface area contributed by atoms with Crippen LogP contribution < -0.4 is 20.1 Å². The second-order valence-corrected chi connectivity index (χ2v) is 5.18. The van der Waals surface area contributed by atoms with Gasteiger partial charge in [-0.05, 0) is 32.9 Å². The molecule has 0 aliphatic rings. The number of methoxy groups -OCH3 is 2. The van der Waals surface area contributed by atoms with Crippen LogP contribution in [0.1, 0.15) is 19.7 Å². The summed E-state index contributed by atoms with van der Waals surface area (Å²) in [6.07, 6.45) is 0. The van der Waals surface area contributed by atoms with Crippen molar-refractivity contribution >= 4 is 17.3 Å². The summed E-state index contributed by atoms with van der Waals surface area (Å²) < 4.78 is 10.6. The fraction of sp³-hybridized carbons (Fsp3) is 0.375. The molecule has 6 heteroatoms. The van der Waals surface area contributed by atoms with Crippen LogP contribution in [0.4, 0.5) is 17.3 Å². The molecule has 0 saturated carbocycles. The van der Waals surface area contributed by atoms with Crippen LogP contribution in [0.2, 0.25) is 0 Å². The van der Waals surface area contributed by atoms with Crippen molar-refractivity contribution in [3.05, 3.63) is 30.1 Å². The zero-order valence-electron chi connectivity index (χ0n) is 13.6. The second kappa shape index (κ2) is 6.98. The highest BCUT2D eigenvalue weighted by Crippen LogP contribution is 2.31. The van der Waals surface area contributed by atoms with E-state index in [-0.39, 0.29) is 0 Å². The summed E-state index contributed by atoms with van der Waals surface area (Å²) >= 11 is 0. The van der Waals surface area contributed by atoms with Crippen molar-refractivity contribution in [2.24, 2.45) is 0 Å². The van der Waals surface area contributed by atoms with Crippen molar-refractivity contribution in [2.45, 2.75) is 26.8 Å². The number of rotatable bonds is 6. The first kappa shape index (κ1) is 15.9. The SMILES string of the molecule is COc1ccc(OC)c(Nc2cc(NC(C)C)nc(C)n2)c1. The molecule has 2 N–H and O–H groups in total. The maximum Gasteiger partial charge on any atom is 0.142 e. The predicted octanol–water partition coefficient (Wildman–Crippen LogP) is 3.37. The quantitative estimate of drug-likeness (QED) is 0.852. The highest BCUT2D eigenvalue weighted by atomic mass is 16.5. The van der Waals surface area contributed by atoms with E-state index in [0.717, 1.165) is 23.0 Å². The molecule has 0 amide bonds. The lowest BCUT2D eigenvalue weighted by Crippen LogP contribution is -2.12. The van der Waals surface area contributed by atoms with Crippen molar-refractivity contribution < 1.29 is 9.47 Å². The number of aromatic nitrogens is 2. The lowest BCUT2D eigenvalue weighted by Gasteiger charge is -2.14. The van der Waals surface area contributed by atoms with Crippen molar-refractivity contribution in [3.8, 4) is 11.5 Å². The predicted molar refractivity (Wildman–Crippen MR) is 88.4 cm³/mol. The average molecular weight is 302 g/mol. The van der Waals surface area contributed by atoms with E-state index in [1.54, 1.807) is 14.2 Å². The van der Waals surface area contributed by atoms with Crippen LogP contribution in [0.3, 0.4) is 0 Å². The van der Waals surface area contributed by atoms with Crippen LogP contribution in [0, 0.1) is 6.92 Å². The maximum atomic E-state index is 5.36. The number of hydrogen-bond donors (Lipinski definition) is 2. The minimum Gasteiger partial charge on any atom is -0.497 e. The van der Waals surface area contributed by atoms with Crippen molar-refractivity contribution in [1.29, 1.82) is 0 Å². The molecule has 0 aliphatic carbocycles. The summed E-state index contributed by atoms with van der Waals surface area (Å²) in [5.41, 5.74) is 0.787. The third-order valence-corrected chi connectivity index (χ3v) is 2.94. The summed E-state index contributed by atoms with van der Waals surface area (Å²) in [5, 5.41) is 6.53. The van der Waals surface area contributed by atoms with Crippen molar-refractivity contribution in [1.82, 2.24) is 9.97 Å². The van der Waals surface area contributed by atoms with E-state index < -0.39 is 0 Å². The minimum atomic E-state index is 0.300. The Balaban J connectivity index is 2.32. The number of benzene rings is 1. The lowest BCUT2D eigenvalue weighted by molar-refractivity contribution is 0.405. The fourth-order valence-electron chi connectivity index (χ4n) is 2.05. The Labute approximate surface area is 130 Å². The zero-order chi connectivity index (χ0) is 16.1. The van der Waals surface area contributed by atoms with E-state index in [1.165, 1.54) is 0 Å². The maximum absolute atomic E-state index is 5.36. The highest BCUT2D eigenvalue weighted by Gasteiger charge is 2.08. The van der Waals surface area contributed by atoms with Crippen LogP contribution in [0.25, 0.3) is 0 Å². The minimum absolute atomic E-state index is 0.300. The summed E-state index contributed by atoms with van der Waals surface area (Å²) in [6, 6.07) is 7.73. The summed E-state index contributed by atoms with van der Waals surface area (Å²) in [4.78, 5) is 8.78. The van der Waals surface area contributed by atoms with Crippen LogP contribution in [-0.4, -0.2) is 30.2 Å². The van der Waals surface area contributed by atoms with Gasteiger partial charge in [-0.15, -0.1) is 0 Å². The molecule has 0 atom stereocenters. The summed E-state index contributed by atoms with van der Waals surface area (Å²) in [6.45, 7) is 5.99. The van der Waals surface area contributed by atoms with Crippen LogP contribution in [0.15, 0.2) is 24.3 Å². The van der Waals surface area contributed by atoms with E-state index in [4.69, 9.17) is 9.47 Å². The van der Waals surface area contributed by atoms with E-state index in [0.29, 0.717) is 17.7 Å². The molecular formula is C16H22N4O2. The molecule has 118 valence electrons.